The fourth-order valence-electron chi connectivity index (χ4n) is 0.861. The number of amides is 1. The minimum Gasteiger partial charge on any atom is -0.318 e. The van der Waals surface area contributed by atoms with Crippen LogP contribution >= 0.6 is 11.8 Å². The second kappa shape index (κ2) is 4.90. The average molecular weight is 246 g/mol. The molecular formula is C9H5F3N2OS. The molecule has 0 bridgehead atoms. The lowest BCUT2D eigenvalue weighted by Crippen LogP contribution is -2.29. The predicted molar refractivity (Wildman–Crippen MR) is 52.6 cm³/mol. The highest BCUT2D eigenvalue weighted by Gasteiger charge is 2.38. The number of carbonyl (C=O) groups excluding carboxylic acids is 1. The van der Waals surface area contributed by atoms with Crippen molar-refractivity contribution in [1.82, 2.24) is 0 Å². The zero-order valence-corrected chi connectivity index (χ0v) is 8.52. The van der Waals surface area contributed by atoms with Crippen LogP contribution in [0, 0.1) is 10.7 Å². The number of anilines is 1. The van der Waals surface area contributed by atoms with Gasteiger partial charge in [0.2, 0.25) is 0 Å². The van der Waals surface area contributed by atoms with Crippen LogP contribution in [0.4, 0.5) is 18.9 Å². The van der Waals surface area contributed by atoms with Gasteiger partial charge in [-0.15, -0.1) is 0 Å². The van der Waals surface area contributed by atoms with Crippen LogP contribution < -0.4 is 5.32 Å². The van der Waals surface area contributed by atoms with Crippen molar-refractivity contribution in [2.75, 3.05) is 5.32 Å². The minimum atomic E-state index is -4.90. The monoisotopic (exact) mass is 246 g/mol. The normalized spacial score (nSPS) is 10.6. The first-order valence-electron chi connectivity index (χ1n) is 3.97. The lowest BCUT2D eigenvalue weighted by atomic mass is 10.3. The van der Waals surface area contributed by atoms with Crippen molar-refractivity contribution in [2.45, 2.75) is 11.1 Å². The van der Waals surface area contributed by atoms with Crippen molar-refractivity contribution in [2.24, 2.45) is 0 Å². The quantitative estimate of drug-likeness (QED) is 0.644. The summed E-state index contributed by atoms with van der Waals surface area (Å²) in [6, 6.07) is 5.48. The van der Waals surface area contributed by atoms with Gasteiger partial charge in [0.1, 0.15) is 5.40 Å². The summed E-state index contributed by atoms with van der Waals surface area (Å²) < 4.78 is 35.6. The van der Waals surface area contributed by atoms with E-state index in [2.05, 4.69) is 0 Å². The Hall–Kier alpha value is -1.68. The highest BCUT2D eigenvalue weighted by molar-refractivity contribution is 8.03. The van der Waals surface area contributed by atoms with E-state index < -0.39 is 12.1 Å². The highest BCUT2D eigenvalue weighted by atomic mass is 32.2. The molecule has 0 radical (unpaired) electrons. The maximum Gasteiger partial charge on any atom is 0.471 e. The Morgan fingerprint density at radius 3 is 2.31 bits per heavy atom. The van der Waals surface area contributed by atoms with Gasteiger partial charge in [-0.25, -0.2) is 0 Å². The Morgan fingerprint density at radius 2 is 1.88 bits per heavy atom. The summed E-state index contributed by atoms with van der Waals surface area (Å²) in [5, 5.41) is 11.8. The summed E-state index contributed by atoms with van der Waals surface area (Å²) in [5.74, 6) is -2.02. The van der Waals surface area contributed by atoms with Crippen molar-refractivity contribution in [3.63, 3.8) is 0 Å². The Balaban J connectivity index is 2.70. The molecule has 0 fully saturated rings. The Labute approximate surface area is 93.2 Å². The third-order valence-electron chi connectivity index (χ3n) is 1.53. The van der Waals surface area contributed by atoms with Gasteiger partial charge < -0.3 is 5.32 Å². The van der Waals surface area contributed by atoms with Crippen LogP contribution in [0.15, 0.2) is 29.2 Å². The SMILES string of the molecule is N#CSc1ccc(NC(=O)C(F)(F)F)cc1. The molecule has 0 spiro atoms. The molecule has 0 aliphatic heterocycles. The molecular weight excluding hydrogens is 241 g/mol. The van der Waals surface area contributed by atoms with Crippen molar-refractivity contribution < 1.29 is 18.0 Å². The molecule has 1 aromatic carbocycles. The first-order valence-corrected chi connectivity index (χ1v) is 4.79. The summed E-state index contributed by atoms with van der Waals surface area (Å²) >= 11 is 0.879. The molecule has 1 N–H and O–H groups in total. The first kappa shape index (κ1) is 12.4. The molecule has 0 atom stereocenters. The number of rotatable bonds is 2. The van der Waals surface area contributed by atoms with E-state index in [1.54, 1.807) is 5.32 Å². The third kappa shape index (κ3) is 3.47. The van der Waals surface area contributed by atoms with E-state index in [9.17, 15) is 18.0 Å². The summed E-state index contributed by atoms with van der Waals surface area (Å²) in [4.78, 5) is 11.1. The second-order valence-electron chi connectivity index (χ2n) is 2.67. The number of thioether (sulfide) groups is 1. The smallest absolute Gasteiger partial charge is 0.318 e. The molecule has 0 unspecified atom stereocenters. The molecule has 0 aliphatic carbocycles. The number of carbonyl (C=O) groups is 1. The highest BCUT2D eigenvalue weighted by Crippen LogP contribution is 2.21. The predicted octanol–water partition coefficient (Wildman–Crippen LogP) is 2.76. The fraction of sp³-hybridized carbons (Fsp3) is 0.111. The largest absolute Gasteiger partial charge is 0.471 e. The fourth-order valence-corrected chi connectivity index (χ4v) is 1.24. The lowest BCUT2D eigenvalue weighted by Gasteiger charge is -2.07. The summed E-state index contributed by atoms with van der Waals surface area (Å²) in [6.45, 7) is 0. The molecule has 0 heterocycles. The summed E-state index contributed by atoms with van der Waals surface area (Å²) in [7, 11) is 0. The van der Waals surface area contributed by atoms with Crippen LogP contribution in [0.25, 0.3) is 0 Å². The minimum absolute atomic E-state index is 0.0321. The molecule has 1 rings (SSSR count). The third-order valence-corrected chi connectivity index (χ3v) is 2.13. The van der Waals surface area contributed by atoms with E-state index in [-0.39, 0.29) is 5.69 Å². The van der Waals surface area contributed by atoms with Crippen LogP contribution in [0.5, 0.6) is 0 Å². The number of nitrogens with zero attached hydrogens (tertiary/aromatic N) is 1. The van der Waals surface area contributed by atoms with E-state index in [1.165, 1.54) is 24.3 Å². The van der Waals surface area contributed by atoms with Gasteiger partial charge in [0.15, 0.2) is 0 Å². The standard InChI is InChI=1S/C9H5F3N2OS/c10-9(11,12)8(15)14-6-1-3-7(4-2-6)16-5-13/h1-4H,(H,14,15). The number of hydrogen-bond acceptors (Lipinski definition) is 3. The van der Waals surface area contributed by atoms with Crippen LogP contribution in [0.1, 0.15) is 0 Å². The van der Waals surface area contributed by atoms with Gasteiger partial charge >= 0.3 is 12.1 Å². The molecule has 1 amide bonds. The van der Waals surface area contributed by atoms with Gasteiger partial charge in [-0.05, 0) is 36.0 Å². The van der Waals surface area contributed by atoms with Gasteiger partial charge in [0.25, 0.3) is 0 Å². The average Bonchev–Trinajstić information content (AvgIpc) is 2.20. The molecule has 3 nitrogen and oxygen atoms in total. The van der Waals surface area contributed by atoms with Crippen LogP contribution in [0.2, 0.25) is 0 Å². The van der Waals surface area contributed by atoms with Crippen LogP contribution in [-0.2, 0) is 4.79 Å². The second-order valence-corrected chi connectivity index (χ2v) is 3.53. The number of halogens is 3. The van der Waals surface area contributed by atoms with E-state index in [0.29, 0.717) is 4.90 Å². The van der Waals surface area contributed by atoms with Crippen molar-refractivity contribution >= 4 is 23.4 Å². The molecule has 0 aromatic heterocycles. The number of nitrogens with one attached hydrogen (secondary N) is 1. The van der Waals surface area contributed by atoms with Crippen molar-refractivity contribution in [3.05, 3.63) is 24.3 Å². The molecule has 0 saturated carbocycles. The molecule has 84 valence electrons. The molecule has 0 aliphatic rings. The number of alkyl halides is 3. The summed E-state index contributed by atoms with van der Waals surface area (Å²) in [6.07, 6.45) is -4.90. The van der Waals surface area contributed by atoms with Gasteiger partial charge in [-0.3, -0.25) is 4.79 Å². The number of thiocyanates is 1. The number of nitriles is 1. The Kier molecular flexibility index (Phi) is 3.79. The molecule has 16 heavy (non-hydrogen) atoms. The van der Waals surface area contributed by atoms with Crippen molar-refractivity contribution in [1.29, 1.82) is 5.26 Å². The van der Waals surface area contributed by atoms with E-state index in [0.717, 1.165) is 11.8 Å². The number of benzene rings is 1. The first-order chi connectivity index (χ1) is 7.43. The van der Waals surface area contributed by atoms with E-state index in [4.69, 9.17) is 5.26 Å². The maximum atomic E-state index is 11.9. The van der Waals surface area contributed by atoms with Crippen LogP contribution in [-0.4, -0.2) is 12.1 Å². The van der Waals surface area contributed by atoms with Crippen LogP contribution in [0.3, 0.4) is 0 Å². The van der Waals surface area contributed by atoms with Gasteiger partial charge in [-0.2, -0.15) is 18.4 Å². The number of hydrogen-bond donors (Lipinski definition) is 1. The zero-order valence-electron chi connectivity index (χ0n) is 7.71. The maximum absolute atomic E-state index is 11.9. The van der Waals surface area contributed by atoms with E-state index >= 15 is 0 Å². The van der Waals surface area contributed by atoms with E-state index in [1.807, 2.05) is 5.40 Å². The van der Waals surface area contributed by atoms with Crippen molar-refractivity contribution in [3.8, 4) is 5.40 Å². The van der Waals surface area contributed by atoms with Gasteiger partial charge in [0, 0.05) is 10.6 Å². The Bertz CT molecular complexity index is 422. The zero-order chi connectivity index (χ0) is 12.2. The summed E-state index contributed by atoms with van der Waals surface area (Å²) in [5.41, 5.74) is 0.0321. The molecule has 0 saturated heterocycles. The molecule has 1 aromatic rings. The lowest BCUT2D eigenvalue weighted by molar-refractivity contribution is -0.167. The van der Waals surface area contributed by atoms with Gasteiger partial charge in [0.05, 0.1) is 0 Å². The topological polar surface area (TPSA) is 52.9 Å². The molecule has 7 heteroatoms. The van der Waals surface area contributed by atoms with Gasteiger partial charge in [-0.1, -0.05) is 0 Å². The Morgan fingerprint density at radius 1 is 1.31 bits per heavy atom.